The summed E-state index contributed by atoms with van der Waals surface area (Å²) >= 11 is 0. The molecular formula is C11H13F3N2O2S. The topological polar surface area (TPSA) is 49.4 Å². The van der Waals surface area contributed by atoms with Crippen LogP contribution in [0, 0.1) is 17.5 Å². The highest BCUT2D eigenvalue weighted by atomic mass is 32.2. The molecule has 0 aliphatic carbocycles. The molecule has 1 aromatic carbocycles. The van der Waals surface area contributed by atoms with Crippen LogP contribution in [0.25, 0.3) is 0 Å². The predicted molar refractivity (Wildman–Crippen MR) is 62.5 cm³/mol. The number of benzene rings is 1. The molecule has 1 saturated heterocycles. The molecule has 4 nitrogen and oxygen atoms in total. The van der Waals surface area contributed by atoms with E-state index in [0.717, 1.165) is 10.4 Å². The standard InChI is InChI=1S/C11H13F3N2O2S/c1-16(7-4-5-15-6-7)19(17,18)9-3-2-8(12)10(13)11(9)14/h2-3,7,15H,4-6H2,1H3/t7-/m0/s1. The molecule has 1 aliphatic heterocycles. The van der Waals surface area contributed by atoms with Gasteiger partial charge in [-0.2, -0.15) is 4.31 Å². The minimum atomic E-state index is -4.18. The molecule has 0 radical (unpaired) electrons. The number of sulfonamides is 1. The molecule has 0 amide bonds. The molecule has 1 aliphatic rings. The summed E-state index contributed by atoms with van der Waals surface area (Å²) in [7, 11) is -2.88. The maximum absolute atomic E-state index is 13.6. The molecule has 1 aromatic rings. The quantitative estimate of drug-likeness (QED) is 0.849. The van der Waals surface area contributed by atoms with Gasteiger partial charge in [0.1, 0.15) is 4.90 Å². The van der Waals surface area contributed by atoms with Crippen molar-refractivity contribution in [2.75, 3.05) is 20.1 Å². The Balaban J connectivity index is 2.42. The van der Waals surface area contributed by atoms with E-state index in [1.165, 1.54) is 7.05 Å². The first kappa shape index (κ1) is 14.3. The number of hydrogen-bond acceptors (Lipinski definition) is 3. The molecular weight excluding hydrogens is 281 g/mol. The summed E-state index contributed by atoms with van der Waals surface area (Å²) in [5, 5.41) is 2.98. The van der Waals surface area contributed by atoms with Gasteiger partial charge in [-0.3, -0.25) is 0 Å². The van der Waals surface area contributed by atoms with E-state index < -0.39 is 32.4 Å². The van der Waals surface area contributed by atoms with Crippen LogP contribution in [0.3, 0.4) is 0 Å². The first-order valence-electron chi connectivity index (χ1n) is 5.68. The zero-order valence-corrected chi connectivity index (χ0v) is 11.0. The molecule has 0 saturated carbocycles. The van der Waals surface area contributed by atoms with Crippen LogP contribution in [0.1, 0.15) is 6.42 Å². The summed E-state index contributed by atoms with van der Waals surface area (Å²) in [5.41, 5.74) is 0. The second kappa shape index (κ2) is 5.10. The highest BCUT2D eigenvalue weighted by Crippen LogP contribution is 2.24. The monoisotopic (exact) mass is 294 g/mol. The summed E-state index contributed by atoms with van der Waals surface area (Å²) in [6, 6.07) is 1.02. The average molecular weight is 294 g/mol. The van der Waals surface area contributed by atoms with E-state index in [1.807, 2.05) is 0 Å². The molecule has 0 spiro atoms. The minimum absolute atomic E-state index is 0.322. The molecule has 1 N–H and O–H groups in total. The lowest BCUT2D eigenvalue weighted by atomic mass is 10.3. The summed E-state index contributed by atoms with van der Waals surface area (Å²) in [5.74, 6) is -4.88. The summed E-state index contributed by atoms with van der Waals surface area (Å²) < 4.78 is 64.8. The van der Waals surface area contributed by atoms with E-state index in [4.69, 9.17) is 0 Å². The maximum Gasteiger partial charge on any atom is 0.246 e. The molecule has 106 valence electrons. The van der Waals surface area contributed by atoms with Crippen molar-refractivity contribution >= 4 is 10.0 Å². The molecule has 0 unspecified atom stereocenters. The summed E-state index contributed by atoms with van der Waals surface area (Å²) in [6.07, 6.45) is 0.584. The lowest BCUT2D eigenvalue weighted by Crippen LogP contribution is -2.38. The molecule has 1 heterocycles. The van der Waals surface area contributed by atoms with Crippen LogP contribution in [0.2, 0.25) is 0 Å². The van der Waals surface area contributed by atoms with Crippen LogP contribution >= 0.6 is 0 Å². The predicted octanol–water partition coefficient (Wildman–Crippen LogP) is 1.09. The Morgan fingerprint density at radius 1 is 1.26 bits per heavy atom. The van der Waals surface area contributed by atoms with Gasteiger partial charge < -0.3 is 5.32 Å². The van der Waals surface area contributed by atoms with Crippen molar-refractivity contribution in [2.24, 2.45) is 0 Å². The average Bonchev–Trinajstić information content (AvgIpc) is 2.88. The Labute approximate surface area is 109 Å². The third kappa shape index (κ3) is 2.47. The van der Waals surface area contributed by atoms with E-state index in [-0.39, 0.29) is 6.04 Å². The van der Waals surface area contributed by atoms with E-state index >= 15 is 0 Å². The van der Waals surface area contributed by atoms with Crippen LogP contribution in [0.15, 0.2) is 17.0 Å². The second-order valence-corrected chi connectivity index (χ2v) is 6.31. The van der Waals surface area contributed by atoms with Crippen LogP contribution in [-0.2, 0) is 10.0 Å². The van der Waals surface area contributed by atoms with Crippen molar-refractivity contribution in [1.82, 2.24) is 9.62 Å². The van der Waals surface area contributed by atoms with Crippen molar-refractivity contribution in [2.45, 2.75) is 17.4 Å². The molecule has 2 rings (SSSR count). The van der Waals surface area contributed by atoms with Crippen LogP contribution in [0.5, 0.6) is 0 Å². The van der Waals surface area contributed by atoms with Gasteiger partial charge in [-0.1, -0.05) is 0 Å². The lowest BCUT2D eigenvalue weighted by Gasteiger charge is -2.23. The number of nitrogens with one attached hydrogen (secondary N) is 1. The van der Waals surface area contributed by atoms with E-state index in [2.05, 4.69) is 5.32 Å². The van der Waals surface area contributed by atoms with Crippen molar-refractivity contribution in [3.8, 4) is 0 Å². The fraction of sp³-hybridized carbons (Fsp3) is 0.455. The first-order chi connectivity index (χ1) is 8.85. The van der Waals surface area contributed by atoms with Gasteiger partial charge in [-0.05, 0) is 25.1 Å². The Morgan fingerprint density at radius 3 is 2.53 bits per heavy atom. The Bertz CT molecular complexity index is 586. The van der Waals surface area contributed by atoms with Crippen molar-refractivity contribution < 1.29 is 21.6 Å². The van der Waals surface area contributed by atoms with Crippen molar-refractivity contribution in [1.29, 1.82) is 0 Å². The van der Waals surface area contributed by atoms with Crippen LogP contribution in [0.4, 0.5) is 13.2 Å². The van der Waals surface area contributed by atoms with Gasteiger partial charge in [0.15, 0.2) is 17.5 Å². The van der Waals surface area contributed by atoms with Gasteiger partial charge in [0, 0.05) is 19.6 Å². The third-order valence-corrected chi connectivity index (χ3v) is 5.13. The number of halogens is 3. The SMILES string of the molecule is CN([C@H]1CCNC1)S(=O)(=O)c1ccc(F)c(F)c1F. The number of nitrogens with zero attached hydrogens (tertiary/aromatic N) is 1. The minimum Gasteiger partial charge on any atom is -0.315 e. The fourth-order valence-corrected chi connectivity index (χ4v) is 3.45. The van der Waals surface area contributed by atoms with E-state index in [0.29, 0.717) is 25.6 Å². The number of likely N-dealkylation sites (N-methyl/N-ethyl adjacent to an activating group) is 1. The van der Waals surface area contributed by atoms with Crippen molar-refractivity contribution in [3.05, 3.63) is 29.6 Å². The van der Waals surface area contributed by atoms with Crippen LogP contribution < -0.4 is 5.32 Å². The lowest BCUT2D eigenvalue weighted by molar-refractivity contribution is 0.380. The van der Waals surface area contributed by atoms with E-state index in [9.17, 15) is 21.6 Å². The summed E-state index contributed by atoms with van der Waals surface area (Å²) in [4.78, 5) is -0.846. The number of rotatable bonds is 3. The van der Waals surface area contributed by atoms with Gasteiger partial charge >= 0.3 is 0 Å². The largest absolute Gasteiger partial charge is 0.315 e. The molecule has 1 fully saturated rings. The zero-order chi connectivity index (χ0) is 14.2. The van der Waals surface area contributed by atoms with Gasteiger partial charge in [0.25, 0.3) is 0 Å². The zero-order valence-electron chi connectivity index (χ0n) is 10.2. The van der Waals surface area contributed by atoms with Crippen molar-refractivity contribution in [3.63, 3.8) is 0 Å². The van der Waals surface area contributed by atoms with Gasteiger partial charge in [0.2, 0.25) is 10.0 Å². The molecule has 19 heavy (non-hydrogen) atoms. The molecule has 0 bridgehead atoms. The fourth-order valence-electron chi connectivity index (χ4n) is 2.01. The summed E-state index contributed by atoms with van der Waals surface area (Å²) in [6.45, 7) is 1.10. The van der Waals surface area contributed by atoms with E-state index in [1.54, 1.807) is 0 Å². The Morgan fingerprint density at radius 2 is 1.95 bits per heavy atom. The second-order valence-electron chi connectivity index (χ2n) is 4.34. The molecule has 8 heteroatoms. The Hall–Kier alpha value is -1.12. The third-order valence-electron chi connectivity index (χ3n) is 3.21. The molecule has 1 atom stereocenters. The first-order valence-corrected chi connectivity index (χ1v) is 7.12. The number of hydrogen-bond donors (Lipinski definition) is 1. The van der Waals surface area contributed by atoms with Gasteiger partial charge in [-0.15, -0.1) is 0 Å². The van der Waals surface area contributed by atoms with Crippen LogP contribution in [-0.4, -0.2) is 38.9 Å². The smallest absolute Gasteiger partial charge is 0.246 e. The normalized spacial score (nSPS) is 20.2. The van der Waals surface area contributed by atoms with Gasteiger partial charge in [-0.25, -0.2) is 21.6 Å². The Kier molecular flexibility index (Phi) is 3.84. The maximum atomic E-state index is 13.6. The highest BCUT2D eigenvalue weighted by molar-refractivity contribution is 7.89. The highest BCUT2D eigenvalue weighted by Gasteiger charge is 2.33. The molecule has 0 aromatic heterocycles. The van der Waals surface area contributed by atoms with Gasteiger partial charge in [0.05, 0.1) is 0 Å².